The first kappa shape index (κ1) is 18.4. The molecule has 0 radical (unpaired) electrons. The second-order valence-electron chi connectivity index (χ2n) is 6.67. The van der Waals surface area contributed by atoms with E-state index in [1.807, 2.05) is 0 Å². The van der Waals surface area contributed by atoms with Gasteiger partial charge in [0.05, 0.1) is 25.2 Å². The van der Waals surface area contributed by atoms with Gasteiger partial charge in [-0.3, -0.25) is 14.5 Å². The maximum absolute atomic E-state index is 13.5. The van der Waals surface area contributed by atoms with Crippen LogP contribution in [-0.2, 0) is 0 Å². The van der Waals surface area contributed by atoms with Crippen LogP contribution in [-0.4, -0.2) is 25.1 Å². The van der Waals surface area contributed by atoms with Crippen molar-refractivity contribution in [1.29, 1.82) is 0 Å². The van der Waals surface area contributed by atoms with Crippen LogP contribution >= 0.6 is 11.3 Å². The molecule has 0 saturated carbocycles. The molecule has 0 fully saturated rings. The first-order chi connectivity index (χ1) is 14.6. The minimum absolute atomic E-state index is 0.0174. The number of benzene rings is 2. The molecule has 3 heterocycles. The molecule has 1 amide bonds. The van der Waals surface area contributed by atoms with E-state index in [0.717, 1.165) is 0 Å². The van der Waals surface area contributed by atoms with E-state index in [-0.39, 0.29) is 16.8 Å². The molecule has 0 unspecified atom stereocenters. The third-order valence-electron chi connectivity index (χ3n) is 5.13. The number of para-hydroxylation sites is 1. The van der Waals surface area contributed by atoms with Crippen LogP contribution in [0, 0.1) is 0 Å². The molecule has 1 aliphatic heterocycles. The first-order valence-electron chi connectivity index (χ1n) is 9.14. The summed E-state index contributed by atoms with van der Waals surface area (Å²) in [5.74, 6) is 0.702. The van der Waals surface area contributed by atoms with Crippen molar-refractivity contribution in [3.05, 3.63) is 81.2 Å². The van der Waals surface area contributed by atoms with E-state index in [9.17, 15) is 9.59 Å². The van der Waals surface area contributed by atoms with Crippen molar-refractivity contribution in [3.8, 4) is 11.5 Å². The van der Waals surface area contributed by atoms with Crippen molar-refractivity contribution >= 4 is 33.3 Å². The highest BCUT2D eigenvalue weighted by Gasteiger charge is 2.45. The van der Waals surface area contributed by atoms with Gasteiger partial charge in [0.1, 0.15) is 23.1 Å². The number of methoxy groups -OCH3 is 2. The summed E-state index contributed by atoms with van der Waals surface area (Å²) in [5.41, 5.74) is 0.989. The lowest BCUT2D eigenvalue weighted by atomic mass is 9.97. The number of carbonyl (C=O) groups is 1. The fourth-order valence-electron chi connectivity index (χ4n) is 3.80. The lowest BCUT2D eigenvalue weighted by Crippen LogP contribution is -2.29. The Hall–Kier alpha value is -3.65. The molecule has 2 aromatic carbocycles. The quantitative estimate of drug-likeness (QED) is 0.496. The second kappa shape index (κ2) is 7.00. The number of nitrogens with zero attached hydrogens (tertiary/aromatic N) is 2. The number of amides is 1. The van der Waals surface area contributed by atoms with Crippen molar-refractivity contribution in [1.82, 2.24) is 4.98 Å². The molecule has 8 heteroatoms. The van der Waals surface area contributed by atoms with Gasteiger partial charge in [-0.1, -0.05) is 12.1 Å². The normalized spacial score (nSPS) is 15.5. The molecule has 1 atom stereocenters. The highest BCUT2D eigenvalue weighted by Crippen LogP contribution is 2.45. The summed E-state index contributed by atoms with van der Waals surface area (Å²) in [6.45, 7) is 0. The smallest absolute Gasteiger partial charge is 0.297 e. The molecule has 30 heavy (non-hydrogen) atoms. The summed E-state index contributed by atoms with van der Waals surface area (Å²) >= 11 is 1.30. The van der Waals surface area contributed by atoms with Crippen LogP contribution in [0.4, 0.5) is 5.13 Å². The van der Waals surface area contributed by atoms with Gasteiger partial charge in [0, 0.05) is 17.1 Å². The number of rotatable bonds is 4. The first-order valence-corrected chi connectivity index (χ1v) is 10.0. The highest BCUT2D eigenvalue weighted by atomic mass is 32.1. The van der Waals surface area contributed by atoms with Gasteiger partial charge in [-0.25, -0.2) is 4.98 Å². The Labute approximate surface area is 175 Å². The number of hydrogen-bond donors (Lipinski definition) is 0. The van der Waals surface area contributed by atoms with Gasteiger partial charge in [-0.05, 0) is 30.3 Å². The molecule has 0 saturated heterocycles. The van der Waals surface area contributed by atoms with Gasteiger partial charge >= 0.3 is 0 Å². The molecule has 150 valence electrons. The predicted molar refractivity (Wildman–Crippen MR) is 113 cm³/mol. The molecule has 7 nitrogen and oxygen atoms in total. The van der Waals surface area contributed by atoms with Crippen molar-refractivity contribution in [3.63, 3.8) is 0 Å². The number of ether oxygens (including phenoxy) is 2. The van der Waals surface area contributed by atoms with Gasteiger partial charge in [0.2, 0.25) is 5.76 Å². The summed E-state index contributed by atoms with van der Waals surface area (Å²) in [7, 11) is 3.10. The van der Waals surface area contributed by atoms with E-state index in [2.05, 4.69) is 4.98 Å². The Kier molecular flexibility index (Phi) is 4.29. The summed E-state index contributed by atoms with van der Waals surface area (Å²) < 4.78 is 16.9. The van der Waals surface area contributed by atoms with Crippen LogP contribution in [0.3, 0.4) is 0 Å². The standard InChI is InChI=1S/C22H16N2O5S/c1-27-12-7-8-15(28-2)14(11-12)18-17-19(25)13-5-3-4-6-16(13)29-20(17)21(26)24(18)22-23-9-10-30-22/h3-11,18H,1-2H3/t18-/m1/s1. The number of hydrogen-bond acceptors (Lipinski definition) is 7. The molecule has 0 spiro atoms. The summed E-state index contributed by atoms with van der Waals surface area (Å²) in [6.07, 6.45) is 1.61. The van der Waals surface area contributed by atoms with Crippen molar-refractivity contribution in [2.24, 2.45) is 0 Å². The van der Waals surface area contributed by atoms with E-state index < -0.39 is 11.9 Å². The molecule has 4 aromatic rings. The maximum atomic E-state index is 13.5. The average molecular weight is 420 g/mol. The average Bonchev–Trinajstić information content (AvgIpc) is 3.40. The number of fused-ring (bicyclic) bond motifs is 2. The molecule has 0 bridgehead atoms. The fraction of sp³-hybridized carbons (Fsp3) is 0.136. The van der Waals surface area contributed by atoms with Crippen LogP contribution in [0.5, 0.6) is 11.5 Å². The molecular weight excluding hydrogens is 404 g/mol. The maximum Gasteiger partial charge on any atom is 0.297 e. The van der Waals surface area contributed by atoms with E-state index in [4.69, 9.17) is 13.9 Å². The summed E-state index contributed by atoms with van der Waals surface area (Å²) in [6, 6.07) is 11.4. The third kappa shape index (κ3) is 2.61. The van der Waals surface area contributed by atoms with Gasteiger partial charge in [0.25, 0.3) is 5.91 Å². The molecule has 2 aromatic heterocycles. The van der Waals surface area contributed by atoms with Crippen LogP contribution in [0.25, 0.3) is 11.0 Å². The fourth-order valence-corrected chi connectivity index (χ4v) is 4.47. The zero-order valence-electron chi connectivity index (χ0n) is 16.1. The highest BCUT2D eigenvalue weighted by molar-refractivity contribution is 7.13. The summed E-state index contributed by atoms with van der Waals surface area (Å²) in [5, 5.41) is 2.65. The van der Waals surface area contributed by atoms with Gasteiger partial charge < -0.3 is 13.9 Å². The van der Waals surface area contributed by atoms with Crippen molar-refractivity contribution in [2.75, 3.05) is 19.1 Å². The minimum atomic E-state index is -0.760. The van der Waals surface area contributed by atoms with Gasteiger partial charge in [-0.15, -0.1) is 11.3 Å². The Morgan fingerprint density at radius 1 is 1.10 bits per heavy atom. The third-order valence-corrected chi connectivity index (χ3v) is 5.91. The largest absolute Gasteiger partial charge is 0.497 e. The van der Waals surface area contributed by atoms with Gasteiger partial charge in [0.15, 0.2) is 10.6 Å². The molecule has 5 rings (SSSR count). The number of carbonyl (C=O) groups excluding carboxylic acids is 1. The number of anilines is 1. The lowest BCUT2D eigenvalue weighted by Gasteiger charge is -2.24. The summed E-state index contributed by atoms with van der Waals surface area (Å²) in [4.78, 5) is 32.7. The molecule has 1 aliphatic rings. The number of aromatic nitrogens is 1. The van der Waals surface area contributed by atoms with E-state index in [0.29, 0.717) is 33.2 Å². The SMILES string of the molecule is COc1ccc(OC)c([C@@H]2c3c(oc4ccccc4c3=O)C(=O)N2c2nccs2)c1. The van der Waals surface area contributed by atoms with Crippen molar-refractivity contribution < 1.29 is 18.7 Å². The van der Waals surface area contributed by atoms with Crippen LogP contribution in [0.15, 0.2) is 63.3 Å². The van der Waals surface area contributed by atoms with E-state index in [1.54, 1.807) is 68.3 Å². The molecule has 0 N–H and O–H groups in total. The van der Waals surface area contributed by atoms with Crippen LogP contribution < -0.4 is 19.8 Å². The molecular formula is C22H16N2O5S. The number of thiazole rings is 1. The van der Waals surface area contributed by atoms with Gasteiger partial charge in [-0.2, -0.15) is 0 Å². The molecule has 0 aliphatic carbocycles. The topological polar surface area (TPSA) is 81.9 Å². The van der Waals surface area contributed by atoms with Crippen molar-refractivity contribution in [2.45, 2.75) is 6.04 Å². The Bertz CT molecular complexity index is 1330. The Balaban J connectivity index is 1.86. The Morgan fingerprint density at radius 2 is 1.93 bits per heavy atom. The minimum Gasteiger partial charge on any atom is -0.497 e. The lowest BCUT2D eigenvalue weighted by molar-refractivity contribution is 0.0970. The van der Waals surface area contributed by atoms with Crippen LogP contribution in [0.2, 0.25) is 0 Å². The zero-order valence-corrected chi connectivity index (χ0v) is 16.9. The monoisotopic (exact) mass is 420 g/mol. The predicted octanol–water partition coefficient (Wildman–Crippen LogP) is 4.02. The zero-order chi connectivity index (χ0) is 20.8. The van der Waals surface area contributed by atoms with E-state index in [1.165, 1.54) is 16.2 Å². The van der Waals surface area contributed by atoms with Crippen LogP contribution in [0.1, 0.15) is 27.7 Å². The van der Waals surface area contributed by atoms with E-state index >= 15 is 0 Å². The second-order valence-corrected chi connectivity index (χ2v) is 7.54. The Morgan fingerprint density at radius 3 is 2.67 bits per heavy atom.